The molecular formula is C14H10BrCl2F. The van der Waals surface area contributed by atoms with Gasteiger partial charge < -0.3 is 0 Å². The summed E-state index contributed by atoms with van der Waals surface area (Å²) >= 11 is 15.6. The fraction of sp³-hybridized carbons (Fsp3) is 0.143. The Morgan fingerprint density at radius 1 is 1.11 bits per heavy atom. The zero-order chi connectivity index (χ0) is 13.1. The van der Waals surface area contributed by atoms with Gasteiger partial charge in [-0.2, -0.15) is 0 Å². The molecule has 0 saturated carbocycles. The number of alkyl halides is 1. The van der Waals surface area contributed by atoms with E-state index >= 15 is 0 Å². The Hall–Kier alpha value is -0.570. The van der Waals surface area contributed by atoms with Gasteiger partial charge in [0.15, 0.2) is 0 Å². The van der Waals surface area contributed by atoms with E-state index in [1.165, 1.54) is 6.07 Å². The van der Waals surface area contributed by atoms with E-state index in [0.717, 1.165) is 10.0 Å². The Bertz CT molecular complexity index is 520. The highest BCUT2D eigenvalue weighted by Gasteiger charge is 2.17. The molecule has 2 aromatic rings. The molecule has 0 heterocycles. The molecule has 0 nitrogen and oxygen atoms in total. The molecule has 2 rings (SSSR count). The van der Waals surface area contributed by atoms with Crippen molar-refractivity contribution in [3.63, 3.8) is 0 Å². The lowest BCUT2D eigenvalue weighted by Gasteiger charge is -2.12. The van der Waals surface area contributed by atoms with Gasteiger partial charge in [-0.1, -0.05) is 45.7 Å². The van der Waals surface area contributed by atoms with Crippen molar-refractivity contribution in [3.8, 4) is 0 Å². The van der Waals surface area contributed by atoms with E-state index in [1.807, 2.05) is 24.3 Å². The first kappa shape index (κ1) is 13.9. The molecule has 0 aliphatic heterocycles. The quantitative estimate of drug-likeness (QED) is 0.619. The molecule has 0 radical (unpaired) electrons. The van der Waals surface area contributed by atoms with Crippen molar-refractivity contribution < 1.29 is 4.39 Å². The maximum Gasteiger partial charge on any atom is 0.129 e. The number of hydrogen-bond donors (Lipinski definition) is 0. The van der Waals surface area contributed by atoms with Crippen molar-refractivity contribution >= 4 is 39.1 Å². The van der Waals surface area contributed by atoms with Gasteiger partial charge in [0.05, 0.1) is 5.38 Å². The minimum absolute atomic E-state index is 0.361. The first-order chi connectivity index (χ1) is 8.58. The number of rotatable bonds is 3. The maximum absolute atomic E-state index is 13.7. The summed E-state index contributed by atoms with van der Waals surface area (Å²) in [6.07, 6.45) is 0.537. The molecule has 2 aromatic carbocycles. The predicted molar refractivity (Wildman–Crippen MR) is 77.9 cm³/mol. The SMILES string of the molecule is Fc1cccc(Cl)c1C(Cl)Cc1ccc(Br)cc1. The van der Waals surface area contributed by atoms with Gasteiger partial charge >= 0.3 is 0 Å². The molecule has 0 N–H and O–H groups in total. The van der Waals surface area contributed by atoms with Crippen LogP contribution in [-0.4, -0.2) is 0 Å². The molecule has 0 spiro atoms. The van der Waals surface area contributed by atoms with Crippen LogP contribution >= 0.6 is 39.1 Å². The summed E-state index contributed by atoms with van der Waals surface area (Å²) in [5.74, 6) is -0.361. The summed E-state index contributed by atoms with van der Waals surface area (Å²) in [6.45, 7) is 0. The van der Waals surface area contributed by atoms with Crippen LogP contribution in [0.15, 0.2) is 46.9 Å². The van der Waals surface area contributed by atoms with Gasteiger partial charge in [0.1, 0.15) is 5.82 Å². The highest BCUT2D eigenvalue weighted by atomic mass is 79.9. The second kappa shape index (κ2) is 6.05. The zero-order valence-electron chi connectivity index (χ0n) is 9.34. The van der Waals surface area contributed by atoms with E-state index in [1.54, 1.807) is 12.1 Å². The number of benzene rings is 2. The molecule has 18 heavy (non-hydrogen) atoms. The normalized spacial score (nSPS) is 12.4. The molecule has 0 bridgehead atoms. The van der Waals surface area contributed by atoms with E-state index < -0.39 is 5.38 Å². The lowest BCUT2D eigenvalue weighted by atomic mass is 10.0. The van der Waals surface area contributed by atoms with Crippen LogP contribution in [0.3, 0.4) is 0 Å². The Morgan fingerprint density at radius 2 is 1.78 bits per heavy atom. The van der Waals surface area contributed by atoms with Crippen molar-refractivity contribution in [2.24, 2.45) is 0 Å². The smallest absolute Gasteiger partial charge is 0.129 e. The summed E-state index contributed by atoms with van der Waals surface area (Å²) in [5.41, 5.74) is 1.40. The molecular weight excluding hydrogens is 338 g/mol. The van der Waals surface area contributed by atoms with Gasteiger partial charge in [0.25, 0.3) is 0 Å². The second-order valence-corrected chi connectivity index (χ2v) is 5.78. The van der Waals surface area contributed by atoms with Crippen LogP contribution in [0.1, 0.15) is 16.5 Å². The highest BCUT2D eigenvalue weighted by molar-refractivity contribution is 9.10. The standard InChI is InChI=1S/C14H10BrCl2F/c15-10-6-4-9(5-7-10)8-12(17)14-11(16)2-1-3-13(14)18/h1-7,12H,8H2. The molecule has 94 valence electrons. The molecule has 4 heteroatoms. The summed E-state index contributed by atoms with van der Waals surface area (Å²) in [5, 5.41) is -0.105. The van der Waals surface area contributed by atoms with Crippen molar-refractivity contribution in [3.05, 3.63) is 68.9 Å². The average Bonchev–Trinajstić information content (AvgIpc) is 2.32. The Morgan fingerprint density at radius 3 is 2.39 bits per heavy atom. The summed E-state index contributed by atoms with van der Waals surface area (Å²) in [4.78, 5) is 0. The zero-order valence-corrected chi connectivity index (χ0v) is 12.4. The van der Waals surface area contributed by atoms with Crippen LogP contribution in [0, 0.1) is 5.82 Å². The molecule has 0 aliphatic rings. The van der Waals surface area contributed by atoms with Gasteiger partial charge in [-0.05, 0) is 36.2 Å². The van der Waals surface area contributed by atoms with E-state index in [0.29, 0.717) is 17.0 Å². The van der Waals surface area contributed by atoms with E-state index in [4.69, 9.17) is 23.2 Å². The van der Waals surface area contributed by atoms with Gasteiger partial charge in [-0.25, -0.2) is 4.39 Å². The average molecular weight is 348 g/mol. The van der Waals surface area contributed by atoms with E-state index in [-0.39, 0.29) is 5.82 Å². The van der Waals surface area contributed by atoms with Gasteiger partial charge in [-0.15, -0.1) is 11.6 Å². The first-order valence-corrected chi connectivity index (χ1v) is 7.01. The topological polar surface area (TPSA) is 0 Å². The van der Waals surface area contributed by atoms with Gasteiger partial charge in [0, 0.05) is 15.1 Å². The third-order valence-corrected chi connectivity index (χ3v) is 3.87. The predicted octanol–water partition coefficient (Wildman–Crippen LogP) is 5.76. The van der Waals surface area contributed by atoms with Crippen molar-refractivity contribution in [2.45, 2.75) is 11.8 Å². The molecule has 1 atom stereocenters. The largest absolute Gasteiger partial charge is 0.207 e. The molecule has 0 saturated heterocycles. The van der Waals surface area contributed by atoms with Crippen molar-refractivity contribution in [1.82, 2.24) is 0 Å². The molecule has 0 amide bonds. The Kier molecular flexibility index (Phi) is 4.66. The van der Waals surface area contributed by atoms with Crippen LogP contribution < -0.4 is 0 Å². The van der Waals surface area contributed by atoms with Crippen LogP contribution in [0.4, 0.5) is 4.39 Å². The highest BCUT2D eigenvalue weighted by Crippen LogP contribution is 2.32. The van der Waals surface area contributed by atoms with Crippen LogP contribution in [0.5, 0.6) is 0 Å². The summed E-state index contributed by atoms with van der Waals surface area (Å²) < 4.78 is 14.7. The Labute approximate surface area is 124 Å². The Balaban J connectivity index is 2.22. The first-order valence-electron chi connectivity index (χ1n) is 5.40. The third-order valence-electron chi connectivity index (χ3n) is 2.64. The molecule has 0 aliphatic carbocycles. The van der Waals surface area contributed by atoms with Gasteiger partial charge in [0.2, 0.25) is 0 Å². The van der Waals surface area contributed by atoms with Crippen LogP contribution in [0.25, 0.3) is 0 Å². The van der Waals surface area contributed by atoms with E-state index in [9.17, 15) is 4.39 Å². The minimum Gasteiger partial charge on any atom is -0.207 e. The fourth-order valence-electron chi connectivity index (χ4n) is 1.74. The monoisotopic (exact) mass is 346 g/mol. The summed E-state index contributed by atoms with van der Waals surface area (Å²) in [6, 6.07) is 12.4. The summed E-state index contributed by atoms with van der Waals surface area (Å²) in [7, 11) is 0. The van der Waals surface area contributed by atoms with Crippen LogP contribution in [-0.2, 0) is 6.42 Å². The van der Waals surface area contributed by atoms with Crippen molar-refractivity contribution in [2.75, 3.05) is 0 Å². The molecule has 0 aromatic heterocycles. The third kappa shape index (κ3) is 3.25. The van der Waals surface area contributed by atoms with Crippen molar-refractivity contribution in [1.29, 1.82) is 0 Å². The minimum atomic E-state index is -0.472. The lowest BCUT2D eigenvalue weighted by Crippen LogP contribution is -2.00. The molecule has 1 unspecified atom stereocenters. The maximum atomic E-state index is 13.7. The molecule has 0 fully saturated rings. The number of halogens is 4. The van der Waals surface area contributed by atoms with E-state index in [2.05, 4.69) is 15.9 Å². The number of hydrogen-bond acceptors (Lipinski definition) is 0. The van der Waals surface area contributed by atoms with Gasteiger partial charge in [-0.3, -0.25) is 0 Å². The second-order valence-electron chi connectivity index (χ2n) is 3.93. The van der Waals surface area contributed by atoms with Crippen LogP contribution in [0.2, 0.25) is 5.02 Å². The lowest BCUT2D eigenvalue weighted by molar-refractivity contribution is 0.606. The fourth-order valence-corrected chi connectivity index (χ4v) is 2.75.